The monoisotopic (exact) mass is 191 g/mol. The molecule has 2 aromatic heterocycles. The van der Waals surface area contributed by atoms with Crippen LogP contribution in [0.25, 0.3) is 11.2 Å². The second-order valence-electron chi connectivity index (χ2n) is 3.62. The summed E-state index contributed by atoms with van der Waals surface area (Å²) in [5.74, 6) is 0.550. The van der Waals surface area contributed by atoms with E-state index in [1.165, 1.54) is 0 Å². The van der Waals surface area contributed by atoms with Gasteiger partial charge in [-0.1, -0.05) is 6.92 Å². The average Bonchev–Trinajstić information content (AvgIpc) is 2.61. The van der Waals surface area contributed by atoms with Crippen molar-refractivity contribution in [3.63, 3.8) is 0 Å². The molecule has 0 aromatic carbocycles. The molecule has 0 bridgehead atoms. The third kappa shape index (κ3) is 1.37. The van der Waals surface area contributed by atoms with Gasteiger partial charge in [0.1, 0.15) is 0 Å². The van der Waals surface area contributed by atoms with Gasteiger partial charge in [0.15, 0.2) is 11.2 Å². The van der Waals surface area contributed by atoms with Crippen LogP contribution in [0.4, 0.5) is 0 Å². The van der Waals surface area contributed by atoms with E-state index in [-0.39, 0.29) is 0 Å². The van der Waals surface area contributed by atoms with Gasteiger partial charge in [-0.25, -0.2) is 4.98 Å². The molecule has 74 valence electrons. The molecule has 0 aliphatic heterocycles. The minimum absolute atomic E-state index is 0.513. The molecular weight excluding hydrogens is 178 g/mol. The van der Waals surface area contributed by atoms with Crippen molar-refractivity contribution in [3.8, 4) is 0 Å². The number of aromatic nitrogens is 2. The summed E-state index contributed by atoms with van der Waals surface area (Å²) in [5, 5.41) is 0. The summed E-state index contributed by atoms with van der Waals surface area (Å²) in [6.45, 7) is 3.90. The van der Waals surface area contributed by atoms with E-state index in [0.29, 0.717) is 17.1 Å². The molecule has 2 aromatic rings. The van der Waals surface area contributed by atoms with Crippen LogP contribution in [0.1, 0.15) is 26.2 Å². The predicted octanol–water partition coefficient (Wildman–Crippen LogP) is 1.81. The molecule has 0 aliphatic rings. The minimum Gasteiger partial charge on any atom is -0.437 e. The number of pyridine rings is 1. The average molecular weight is 191 g/mol. The van der Waals surface area contributed by atoms with Crippen molar-refractivity contribution >= 4 is 11.2 Å². The summed E-state index contributed by atoms with van der Waals surface area (Å²) in [4.78, 5) is 8.34. The molecule has 14 heavy (non-hydrogen) atoms. The molecule has 0 radical (unpaired) electrons. The lowest BCUT2D eigenvalue weighted by Crippen LogP contribution is -2.32. The zero-order chi connectivity index (χ0) is 10.2. The fourth-order valence-electron chi connectivity index (χ4n) is 1.16. The third-order valence-corrected chi connectivity index (χ3v) is 2.39. The van der Waals surface area contributed by atoms with Crippen LogP contribution >= 0.6 is 0 Å². The fraction of sp³-hybridized carbons (Fsp3) is 0.400. The highest BCUT2D eigenvalue weighted by atomic mass is 16.4. The molecule has 0 fully saturated rings. The van der Waals surface area contributed by atoms with E-state index >= 15 is 0 Å². The highest BCUT2D eigenvalue weighted by Gasteiger charge is 2.25. The zero-order valence-electron chi connectivity index (χ0n) is 8.32. The van der Waals surface area contributed by atoms with Gasteiger partial charge in [-0.3, -0.25) is 0 Å². The van der Waals surface area contributed by atoms with E-state index in [0.717, 1.165) is 6.42 Å². The van der Waals surface area contributed by atoms with Gasteiger partial charge in [0.2, 0.25) is 5.89 Å². The SMILES string of the molecule is CCC(C)(N)c1nc2ncccc2o1. The first kappa shape index (κ1) is 9.15. The van der Waals surface area contributed by atoms with Gasteiger partial charge < -0.3 is 10.2 Å². The largest absolute Gasteiger partial charge is 0.437 e. The van der Waals surface area contributed by atoms with Crippen LogP contribution in [0.2, 0.25) is 0 Å². The molecule has 4 nitrogen and oxygen atoms in total. The molecule has 4 heteroatoms. The second-order valence-corrected chi connectivity index (χ2v) is 3.62. The molecular formula is C10H13N3O. The molecule has 2 N–H and O–H groups in total. The maximum absolute atomic E-state index is 6.02. The first-order chi connectivity index (χ1) is 6.63. The number of hydrogen-bond donors (Lipinski definition) is 1. The normalized spacial score (nSPS) is 15.6. The lowest BCUT2D eigenvalue weighted by Gasteiger charge is -2.17. The van der Waals surface area contributed by atoms with Crippen LogP contribution < -0.4 is 5.73 Å². The Morgan fingerprint density at radius 2 is 2.36 bits per heavy atom. The van der Waals surface area contributed by atoms with Crippen molar-refractivity contribution < 1.29 is 4.42 Å². The molecule has 0 saturated carbocycles. The Balaban J connectivity index is 2.55. The molecule has 0 spiro atoms. The van der Waals surface area contributed by atoms with Crippen molar-refractivity contribution in [2.75, 3.05) is 0 Å². The van der Waals surface area contributed by atoms with E-state index < -0.39 is 5.54 Å². The van der Waals surface area contributed by atoms with E-state index in [9.17, 15) is 0 Å². The highest BCUT2D eigenvalue weighted by Crippen LogP contribution is 2.23. The van der Waals surface area contributed by atoms with Crippen LogP contribution in [-0.4, -0.2) is 9.97 Å². The standard InChI is InChI=1S/C10H13N3O/c1-3-10(2,11)9-13-8-7(14-9)5-4-6-12-8/h4-6H,3,11H2,1-2H3. The lowest BCUT2D eigenvalue weighted by atomic mass is 10.0. The second kappa shape index (κ2) is 3.06. The lowest BCUT2D eigenvalue weighted by molar-refractivity contribution is 0.356. The minimum atomic E-state index is -0.513. The first-order valence-corrected chi connectivity index (χ1v) is 4.64. The van der Waals surface area contributed by atoms with Crippen molar-refractivity contribution in [1.29, 1.82) is 0 Å². The van der Waals surface area contributed by atoms with Crippen LogP contribution in [0, 0.1) is 0 Å². The third-order valence-electron chi connectivity index (χ3n) is 2.39. The van der Waals surface area contributed by atoms with Gasteiger partial charge in [-0.05, 0) is 25.5 Å². The Labute approximate surface area is 82.1 Å². The van der Waals surface area contributed by atoms with Gasteiger partial charge >= 0.3 is 0 Å². The van der Waals surface area contributed by atoms with E-state index in [4.69, 9.17) is 10.2 Å². The predicted molar refractivity (Wildman–Crippen MR) is 53.6 cm³/mol. The van der Waals surface area contributed by atoms with E-state index in [2.05, 4.69) is 9.97 Å². The van der Waals surface area contributed by atoms with Crippen LogP contribution in [0.3, 0.4) is 0 Å². The van der Waals surface area contributed by atoms with Crippen molar-refractivity contribution in [1.82, 2.24) is 9.97 Å². The highest BCUT2D eigenvalue weighted by molar-refractivity contribution is 5.67. The molecule has 2 heterocycles. The molecule has 1 unspecified atom stereocenters. The van der Waals surface area contributed by atoms with Gasteiger partial charge in [-0.2, -0.15) is 4.98 Å². The molecule has 2 rings (SSSR count). The molecule has 0 aliphatic carbocycles. The van der Waals surface area contributed by atoms with Crippen LogP contribution in [0.5, 0.6) is 0 Å². The van der Waals surface area contributed by atoms with Crippen molar-refractivity contribution in [2.45, 2.75) is 25.8 Å². The van der Waals surface area contributed by atoms with Gasteiger partial charge in [0.25, 0.3) is 0 Å². The van der Waals surface area contributed by atoms with Gasteiger partial charge in [0.05, 0.1) is 5.54 Å². The fourth-order valence-corrected chi connectivity index (χ4v) is 1.16. The summed E-state index contributed by atoms with van der Waals surface area (Å²) in [7, 11) is 0. The van der Waals surface area contributed by atoms with Crippen LogP contribution in [0.15, 0.2) is 22.7 Å². The Bertz CT molecular complexity index is 414. The van der Waals surface area contributed by atoms with Crippen molar-refractivity contribution in [2.24, 2.45) is 5.73 Å². The Hall–Kier alpha value is -1.42. The zero-order valence-corrected chi connectivity index (χ0v) is 8.32. The maximum atomic E-state index is 6.02. The van der Waals surface area contributed by atoms with E-state index in [1.807, 2.05) is 26.0 Å². The van der Waals surface area contributed by atoms with E-state index in [1.54, 1.807) is 6.20 Å². The van der Waals surface area contributed by atoms with Gasteiger partial charge in [0, 0.05) is 6.20 Å². The number of nitrogens with zero attached hydrogens (tertiary/aromatic N) is 2. The Kier molecular flexibility index (Phi) is 2.00. The quantitative estimate of drug-likeness (QED) is 0.786. The summed E-state index contributed by atoms with van der Waals surface area (Å²) >= 11 is 0. The number of rotatable bonds is 2. The summed E-state index contributed by atoms with van der Waals surface area (Å²) in [6, 6.07) is 3.65. The Morgan fingerprint density at radius 1 is 1.57 bits per heavy atom. The Morgan fingerprint density at radius 3 is 3.00 bits per heavy atom. The smallest absolute Gasteiger partial charge is 0.216 e. The first-order valence-electron chi connectivity index (χ1n) is 4.64. The molecule has 1 atom stereocenters. The maximum Gasteiger partial charge on any atom is 0.216 e. The number of hydrogen-bond acceptors (Lipinski definition) is 4. The van der Waals surface area contributed by atoms with Crippen molar-refractivity contribution in [3.05, 3.63) is 24.2 Å². The summed E-state index contributed by atoms with van der Waals surface area (Å²) in [5.41, 5.74) is 6.81. The summed E-state index contributed by atoms with van der Waals surface area (Å²) < 4.78 is 5.53. The summed E-state index contributed by atoms with van der Waals surface area (Å²) in [6.07, 6.45) is 2.47. The van der Waals surface area contributed by atoms with Gasteiger partial charge in [-0.15, -0.1) is 0 Å². The molecule has 0 saturated heterocycles. The number of nitrogens with two attached hydrogens (primary N) is 1. The molecule has 0 amide bonds. The van der Waals surface area contributed by atoms with Crippen LogP contribution in [-0.2, 0) is 5.54 Å². The number of oxazole rings is 1. The number of fused-ring (bicyclic) bond motifs is 1. The topological polar surface area (TPSA) is 64.9 Å².